The summed E-state index contributed by atoms with van der Waals surface area (Å²) in [5.74, 6) is 0. The lowest BCUT2D eigenvalue weighted by molar-refractivity contribution is -0.163. The first-order valence-electron chi connectivity index (χ1n) is 5.37. The molecule has 3 nitrogen and oxygen atoms in total. The minimum absolute atomic E-state index is 0.00994. The molecule has 0 radical (unpaired) electrons. The predicted molar refractivity (Wildman–Crippen MR) is 52.0 cm³/mol. The number of halogens is 3. The van der Waals surface area contributed by atoms with E-state index in [-0.39, 0.29) is 12.1 Å². The van der Waals surface area contributed by atoms with Crippen LogP contribution in [0.1, 0.15) is 33.1 Å². The molecule has 0 N–H and O–H groups in total. The van der Waals surface area contributed by atoms with E-state index in [1.807, 2.05) is 13.8 Å². The molecule has 6 heteroatoms. The van der Waals surface area contributed by atoms with Gasteiger partial charge in [-0.2, -0.15) is 13.2 Å². The van der Waals surface area contributed by atoms with Gasteiger partial charge in [0.25, 0.3) is 0 Å². The maximum atomic E-state index is 11.9. The SMILES string of the molecule is CCC1CCC(C)N1C(=O)OCC(F)(F)F. The highest BCUT2D eigenvalue weighted by Crippen LogP contribution is 2.27. The van der Waals surface area contributed by atoms with Crippen molar-refractivity contribution in [2.75, 3.05) is 6.61 Å². The Labute approximate surface area is 92.5 Å². The van der Waals surface area contributed by atoms with E-state index in [2.05, 4.69) is 4.74 Å². The van der Waals surface area contributed by atoms with E-state index < -0.39 is 18.9 Å². The first kappa shape index (κ1) is 13.1. The Morgan fingerprint density at radius 3 is 2.56 bits per heavy atom. The second-order valence-corrected chi connectivity index (χ2v) is 4.07. The zero-order valence-electron chi connectivity index (χ0n) is 9.38. The summed E-state index contributed by atoms with van der Waals surface area (Å²) in [5.41, 5.74) is 0. The molecule has 1 rings (SSSR count). The number of carbonyl (C=O) groups is 1. The van der Waals surface area contributed by atoms with Crippen LogP contribution in [0.25, 0.3) is 0 Å². The molecule has 2 atom stereocenters. The molecule has 2 unspecified atom stereocenters. The molecular formula is C10H16F3NO2. The smallest absolute Gasteiger partial charge is 0.422 e. The molecule has 1 heterocycles. The van der Waals surface area contributed by atoms with Crippen molar-refractivity contribution in [3.8, 4) is 0 Å². The van der Waals surface area contributed by atoms with Gasteiger partial charge in [0, 0.05) is 12.1 Å². The van der Waals surface area contributed by atoms with Gasteiger partial charge in [0.2, 0.25) is 0 Å². The van der Waals surface area contributed by atoms with Gasteiger partial charge in [-0.1, -0.05) is 6.92 Å². The Morgan fingerprint density at radius 1 is 1.44 bits per heavy atom. The molecule has 0 aromatic heterocycles. The van der Waals surface area contributed by atoms with E-state index in [4.69, 9.17) is 0 Å². The van der Waals surface area contributed by atoms with E-state index >= 15 is 0 Å². The van der Waals surface area contributed by atoms with Crippen molar-refractivity contribution < 1.29 is 22.7 Å². The summed E-state index contributed by atoms with van der Waals surface area (Å²) in [6, 6.07) is -0.0265. The molecule has 0 saturated carbocycles. The van der Waals surface area contributed by atoms with Gasteiger partial charge in [0.15, 0.2) is 6.61 Å². The van der Waals surface area contributed by atoms with Crippen LogP contribution in [0.15, 0.2) is 0 Å². The molecule has 94 valence electrons. The molecule has 0 spiro atoms. The number of alkyl halides is 3. The Bertz CT molecular complexity index is 255. The molecular weight excluding hydrogens is 223 g/mol. The Hall–Kier alpha value is -0.940. The van der Waals surface area contributed by atoms with Crippen LogP contribution in [0.5, 0.6) is 0 Å². The van der Waals surface area contributed by atoms with E-state index in [0.29, 0.717) is 0 Å². The second-order valence-electron chi connectivity index (χ2n) is 4.07. The van der Waals surface area contributed by atoms with Crippen LogP contribution in [0, 0.1) is 0 Å². The van der Waals surface area contributed by atoms with E-state index in [9.17, 15) is 18.0 Å². The summed E-state index contributed by atoms with van der Waals surface area (Å²) >= 11 is 0. The van der Waals surface area contributed by atoms with Crippen LogP contribution in [0.3, 0.4) is 0 Å². The van der Waals surface area contributed by atoms with Crippen molar-refractivity contribution in [3.05, 3.63) is 0 Å². The van der Waals surface area contributed by atoms with Crippen LogP contribution >= 0.6 is 0 Å². The molecule has 1 amide bonds. The summed E-state index contributed by atoms with van der Waals surface area (Å²) in [7, 11) is 0. The molecule has 1 fully saturated rings. The fourth-order valence-electron chi connectivity index (χ4n) is 2.02. The second kappa shape index (κ2) is 4.93. The molecule has 16 heavy (non-hydrogen) atoms. The lowest BCUT2D eigenvalue weighted by Gasteiger charge is -2.27. The number of rotatable bonds is 2. The molecule has 1 aliphatic heterocycles. The number of nitrogens with zero attached hydrogens (tertiary/aromatic N) is 1. The minimum atomic E-state index is -4.46. The van der Waals surface area contributed by atoms with E-state index in [1.54, 1.807) is 0 Å². The van der Waals surface area contributed by atoms with Crippen molar-refractivity contribution >= 4 is 6.09 Å². The number of likely N-dealkylation sites (tertiary alicyclic amines) is 1. The molecule has 1 aliphatic rings. The van der Waals surface area contributed by atoms with Crippen LogP contribution < -0.4 is 0 Å². The van der Waals surface area contributed by atoms with Crippen molar-refractivity contribution in [1.29, 1.82) is 0 Å². The average Bonchev–Trinajstić information content (AvgIpc) is 2.55. The first-order chi connectivity index (χ1) is 7.35. The number of carbonyl (C=O) groups excluding carboxylic acids is 1. The highest BCUT2D eigenvalue weighted by molar-refractivity contribution is 5.68. The first-order valence-corrected chi connectivity index (χ1v) is 5.37. The summed E-state index contributed by atoms with van der Waals surface area (Å²) in [5, 5.41) is 0. The normalized spacial score (nSPS) is 25.9. The quantitative estimate of drug-likeness (QED) is 0.741. The number of amides is 1. The van der Waals surface area contributed by atoms with Crippen LogP contribution in [0.4, 0.5) is 18.0 Å². The predicted octanol–water partition coefficient (Wildman–Crippen LogP) is 2.95. The van der Waals surface area contributed by atoms with Crippen LogP contribution in [-0.4, -0.2) is 35.9 Å². The Balaban J connectivity index is 2.52. The maximum absolute atomic E-state index is 11.9. The Morgan fingerprint density at radius 2 is 2.06 bits per heavy atom. The van der Waals surface area contributed by atoms with Gasteiger partial charge in [0.05, 0.1) is 0 Å². The largest absolute Gasteiger partial charge is 0.440 e. The fraction of sp³-hybridized carbons (Fsp3) is 0.900. The topological polar surface area (TPSA) is 29.5 Å². The Kier molecular flexibility index (Phi) is 4.04. The van der Waals surface area contributed by atoms with Gasteiger partial charge in [0.1, 0.15) is 0 Å². The highest BCUT2D eigenvalue weighted by atomic mass is 19.4. The van der Waals surface area contributed by atoms with Gasteiger partial charge < -0.3 is 9.64 Å². The zero-order valence-corrected chi connectivity index (χ0v) is 9.38. The van der Waals surface area contributed by atoms with Crippen LogP contribution in [-0.2, 0) is 4.74 Å². The molecule has 1 saturated heterocycles. The number of hydrogen-bond acceptors (Lipinski definition) is 2. The molecule has 0 bridgehead atoms. The molecule has 0 aromatic rings. The summed E-state index contributed by atoms with van der Waals surface area (Å²) < 4.78 is 39.9. The van der Waals surface area contributed by atoms with E-state index in [0.717, 1.165) is 19.3 Å². The molecule has 0 aliphatic carbocycles. The molecule has 0 aromatic carbocycles. The highest BCUT2D eigenvalue weighted by Gasteiger charge is 2.36. The van der Waals surface area contributed by atoms with Crippen LogP contribution in [0.2, 0.25) is 0 Å². The van der Waals surface area contributed by atoms with E-state index in [1.165, 1.54) is 4.90 Å². The minimum Gasteiger partial charge on any atom is -0.440 e. The van der Waals surface area contributed by atoms with Gasteiger partial charge in [-0.05, 0) is 26.2 Å². The summed E-state index contributed by atoms with van der Waals surface area (Å²) in [6.45, 7) is 2.22. The third kappa shape index (κ3) is 3.28. The third-order valence-electron chi connectivity index (χ3n) is 2.83. The van der Waals surface area contributed by atoms with Crippen molar-refractivity contribution in [2.45, 2.75) is 51.4 Å². The van der Waals surface area contributed by atoms with Crippen molar-refractivity contribution in [2.24, 2.45) is 0 Å². The van der Waals surface area contributed by atoms with Gasteiger partial charge in [-0.25, -0.2) is 4.79 Å². The number of hydrogen-bond donors (Lipinski definition) is 0. The summed E-state index contributed by atoms with van der Waals surface area (Å²) in [6.07, 6.45) is -2.92. The average molecular weight is 239 g/mol. The zero-order chi connectivity index (χ0) is 12.3. The monoisotopic (exact) mass is 239 g/mol. The van der Waals surface area contributed by atoms with Gasteiger partial charge in [-0.3, -0.25) is 0 Å². The number of ether oxygens (including phenoxy) is 1. The lowest BCUT2D eigenvalue weighted by Crippen LogP contribution is -2.41. The third-order valence-corrected chi connectivity index (χ3v) is 2.83. The summed E-state index contributed by atoms with van der Waals surface area (Å²) in [4.78, 5) is 12.9. The standard InChI is InChI=1S/C10H16F3NO2/c1-3-8-5-4-7(2)14(8)9(15)16-6-10(11,12)13/h7-8H,3-6H2,1-2H3. The maximum Gasteiger partial charge on any atom is 0.422 e. The van der Waals surface area contributed by atoms with Crippen molar-refractivity contribution in [1.82, 2.24) is 4.90 Å². The van der Waals surface area contributed by atoms with Gasteiger partial charge in [-0.15, -0.1) is 0 Å². The van der Waals surface area contributed by atoms with Crippen molar-refractivity contribution in [3.63, 3.8) is 0 Å². The fourth-order valence-corrected chi connectivity index (χ4v) is 2.02. The lowest BCUT2D eigenvalue weighted by atomic mass is 10.2. The van der Waals surface area contributed by atoms with Gasteiger partial charge >= 0.3 is 12.3 Å².